The topological polar surface area (TPSA) is 77.5 Å². The molecule has 0 saturated carbocycles. The van der Waals surface area contributed by atoms with E-state index in [2.05, 4.69) is 10.3 Å². The number of nitrogens with one attached hydrogen (secondary N) is 1. The predicted octanol–water partition coefficient (Wildman–Crippen LogP) is 6.41. The number of esters is 1. The number of pyridine rings is 1. The largest absolute Gasteiger partial charge is 0.489 e. The van der Waals surface area contributed by atoms with Crippen LogP contribution in [-0.4, -0.2) is 16.9 Å². The Morgan fingerprint density at radius 2 is 1.43 bits per heavy atom. The van der Waals surface area contributed by atoms with Crippen LogP contribution in [0.1, 0.15) is 29.2 Å². The van der Waals surface area contributed by atoms with Crippen LogP contribution in [0, 0.1) is 0 Å². The Morgan fingerprint density at radius 3 is 2.14 bits per heavy atom. The zero-order valence-corrected chi connectivity index (χ0v) is 20.3. The summed E-state index contributed by atoms with van der Waals surface area (Å²) in [5.74, 6) is 1.08. The number of carbonyl (C=O) groups is 2. The van der Waals surface area contributed by atoms with Gasteiger partial charge in [0.15, 0.2) is 0 Å². The van der Waals surface area contributed by atoms with E-state index in [0.717, 1.165) is 28.0 Å². The molecule has 0 spiro atoms. The van der Waals surface area contributed by atoms with Crippen molar-refractivity contribution in [2.75, 3.05) is 5.32 Å². The highest BCUT2D eigenvalue weighted by molar-refractivity contribution is 5.89. The van der Waals surface area contributed by atoms with Gasteiger partial charge in [-0.15, -0.1) is 0 Å². The summed E-state index contributed by atoms with van der Waals surface area (Å²) in [4.78, 5) is 27.5. The third kappa shape index (κ3) is 8.33. The van der Waals surface area contributed by atoms with E-state index in [0.29, 0.717) is 18.2 Å². The highest BCUT2D eigenvalue weighted by Gasteiger charge is 2.02. The van der Waals surface area contributed by atoms with Crippen LogP contribution in [0.25, 0.3) is 18.2 Å². The second-order valence-electron chi connectivity index (χ2n) is 8.16. The Hall–Kier alpha value is -4.97. The Bertz CT molecular complexity index is 1390. The molecule has 0 bridgehead atoms. The zero-order chi connectivity index (χ0) is 25.9. The van der Waals surface area contributed by atoms with E-state index >= 15 is 0 Å². The first-order valence-electron chi connectivity index (χ1n) is 11.7. The molecule has 0 fully saturated rings. The van der Waals surface area contributed by atoms with E-state index in [1.807, 2.05) is 84.9 Å². The number of carbonyl (C=O) groups excluding carboxylic acids is 2. The molecule has 0 aliphatic carbocycles. The van der Waals surface area contributed by atoms with Crippen molar-refractivity contribution < 1.29 is 19.1 Å². The SMILES string of the molecule is CC(=O)Nc1cc(/C=C/c2ccc(OC(=O)/C=C/c3ccc(OCc4ccccc4)cc3)cc2)ccn1. The molecular formula is C31H26N2O4. The molecule has 0 saturated heterocycles. The van der Waals surface area contributed by atoms with Crippen molar-refractivity contribution in [1.82, 2.24) is 4.98 Å². The number of rotatable bonds is 9. The second-order valence-corrected chi connectivity index (χ2v) is 8.16. The first-order valence-corrected chi connectivity index (χ1v) is 11.7. The summed E-state index contributed by atoms with van der Waals surface area (Å²) in [5, 5.41) is 2.66. The number of amides is 1. The average Bonchev–Trinajstić information content (AvgIpc) is 2.91. The van der Waals surface area contributed by atoms with Crippen molar-refractivity contribution in [3.63, 3.8) is 0 Å². The van der Waals surface area contributed by atoms with E-state index in [4.69, 9.17) is 9.47 Å². The first kappa shape index (κ1) is 25.1. The van der Waals surface area contributed by atoms with E-state index in [1.165, 1.54) is 13.0 Å². The van der Waals surface area contributed by atoms with E-state index in [-0.39, 0.29) is 5.91 Å². The van der Waals surface area contributed by atoms with Crippen molar-refractivity contribution in [2.24, 2.45) is 0 Å². The predicted molar refractivity (Wildman–Crippen MR) is 146 cm³/mol. The smallest absolute Gasteiger partial charge is 0.336 e. The lowest BCUT2D eigenvalue weighted by Gasteiger charge is -2.06. The molecule has 4 rings (SSSR count). The van der Waals surface area contributed by atoms with Crippen molar-refractivity contribution >= 4 is 35.9 Å². The molecule has 0 aliphatic rings. The van der Waals surface area contributed by atoms with Crippen molar-refractivity contribution in [2.45, 2.75) is 13.5 Å². The summed E-state index contributed by atoms with van der Waals surface area (Å²) >= 11 is 0. The van der Waals surface area contributed by atoms with Gasteiger partial charge >= 0.3 is 5.97 Å². The summed E-state index contributed by atoms with van der Waals surface area (Å²) in [6.07, 6.45) is 8.56. The number of anilines is 1. The molecule has 0 aliphatic heterocycles. The molecule has 184 valence electrons. The third-order valence-corrected chi connectivity index (χ3v) is 5.20. The number of aromatic nitrogens is 1. The van der Waals surface area contributed by atoms with Gasteiger partial charge in [-0.3, -0.25) is 4.79 Å². The molecule has 1 N–H and O–H groups in total. The van der Waals surface area contributed by atoms with Gasteiger partial charge < -0.3 is 14.8 Å². The lowest BCUT2D eigenvalue weighted by molar-refractivity contribution is -0.128. The highest BCUT2D eigenvalue weighted by Crippen LogP contribution is 2.17. The first-order chi connectivity index (χ1) is 18.0. The van der Waals surface area contributed by atoms with Crippen LogP contribution in [-0.2, 0) is 16.2 Å². The van der Waals surface area contributed by atoms with Crippen LogP contribution < -0.4 is 14.8 Å². The number of ether oxygens (including phenoxy) is 2. The number of benzene rings is 3. The molecule has 1 heterocycles. The van der Waals surface area contributed by atoms with E-state index in [9.17, 15) is 9.59 Å². The molecule has 3 aromatic carbocycles. The summed E-state index contributed by atoms with van der Waals surface area (Å²) < 4.78 is 11.2. The number of hydrogen-bond donors (Lipinski definition) is 1. The van der Waals surface area contributed by atoms with Crippen LogP contribution in [0.4, 0.5) is 5.82 Å². The Kier molecular flexibility index (Phi) is 8.59. The number of hydrogen-bond acceptors (Lipinski definition) is 5. The summed E-state index contributed by atoms with van der Waals surface area (Å²) in [6.45, 7) is 1.94. The maximum absolute atomic E-state index is 12.2. The van der Waals surface area contributed by atoms with Crippen molar-refractivity contribution in [1.29, 1.82) is 0 Å². The van der Waals surface area contributed by atoms with E-state index < -0.39 is 5.97 Å². The number of nitrogens with zero attached hydrogens (tertiary/aromatic N) is 1. The molecular weight excluding hydrogens is 464 g/mol. The summed E-state index contributed by atoms with van der Waals surface area (Å²) in [5.41, 5.74) is 3.80. The van der Waals surface area contributed by atoms with Crippen molar-refractivity contribution in [3.8, 4) is 11.5 Å². The van der Waals surface area contributed by atoms with Gasteiger partial charge in [0.1, 0.15) is 23.9 Å². The lowest BCUT2D eigenvalue weighted by atomic mass is 10.1. The van der Waals surface area contributed by atoms with Crippen LogP contribution in [0.15, 0.2) is 103 Å². The molecule has 0 unspecified atom stereocenters. The molecule has 37 heavy (non-hydrogen) atoms. The normalized spacial score (nSPS) is 10.9. The molecule has 1 aromatic heterocycles. The second kappa shape index (κ2) is 12.7. The minimum Gasteiger partial charge on any atom is -0.489 e. The van der Waals surface area contributed by atoms with Crippen molar-refractivity contribution in [3.05, 3.63) is 126 Å². The molecule has 6 heteroatoms. The van der Waals surface area contributed by atoms with Gasteiger partial charge in [0.05, 0.1) is 0 Å². The Morgan fingerprint density at radius 1 is 0.784 bits per heavy atom. The lowest BCUT2D eigenvalue weighted by Crippen LogP contribution is -2.07. The Balaban J connectivity index is 1.26. The standard InChI is InChI=1S/C31H26N2O4/c1-23(34)33-30-21-26(19-20-32-30)8-7-24-11-16-29(17-12-24)37-31(35)18-13-25-9-14-28(15-10-25)36-22-27-5-3-2-4-6-27/h2-21H,22H2,1H3,(H,32,33,34)/b8-7+,18-13+. The van der Waals surface area contributed by atoms with Crippen LogP contribution in [0.2, 0.25) is 0 Å². The average molecular weight is 491 g/mol. The van der Waals surface area contributed by atoms with Crippen LogP contribution in [0.5, 0.6) is 11.5 Å². The van der Waals surface area contributed by atoms with Gasteiger partial charge in [-0.05, 0) is 64.7 Å². The molecule has 0 radical (unpaired) electrons. The fourth-order valence-corrected chi connectivity index (χ4v) is 3.37. The summed E-state index contributed by atoms with van der Waals surface area (Å²) in [7, 11) is 0. The van der Waals surface area contributed by atoms with Gasteiger partial charge in [0.2, 0.25) is 5.91 Å². The highest BCUT2D eigenvalue weighted by atomic mass is 16.5. The fourth-order valence-electron chi connectivity index (χ4n) is 3.37. The van der Waals surface area contributed by atoms with Gasteiger partial charge in [0.25, 0.3) is 0 Å². The minimum absolute atomic E-state index is 0.171. The Labute approximate surface area is 215 Å². The van der Waals surface area contributed by atoms with E-state index in [1.54, 1.807) is 30.5 Å². The minimum atomic E-state index is -0.463. The summed E-state index contributed by atoms with van der Waals surface area (Å²) in [6, 6.07) is 28.3. The van der Waals surface area contributed by atoms with Crippen LogP contribution >= 0.6 is 0 Å². The quantitative estimate of drug-likeness (QED) is 0.167. The monoisotopic (exact) mass is 490 g/mol. The fraction of sp³-hybridized carbons (Fsp3) is 0.0645. The maximum Gasteiger partial charge on any atom is 0.336 e. The molecule has 6 nitrogen and oxygen atoms in total. The van der Waals surface area contributed by atoms with Gasteiger partial charge in [-0.2, -0.15) is 0 Å². The molecule has 0 atom stereocenters. The zero-order valence-electron chi connectivity index (χ0n) is 20.3. The molecule has 4 aromatic rings. The third-order valence-electron chi connectivity index (χ3n) is 5.20. The van der Waals surface area contributed by atoms with Gasteiger partial charge in [-0.1, -0.05) is 66.7 Å². The van der Waals surface area contributed by atoms with Gasteiger partial charge in [0, 0.05) is 19.2 Å². The molecule has 1 amide bonds. The maximum atomic E-state index is 12.2. The van der Waals surface area contributed by atoms with Gasteiger partial charge in [-0.25, -0.2) is 9.78 Å². The van der Waals surface area contributed by atoms with Crippen LogP contribution in [0.3, 0.4) is 0 Å².